The number of hydrogen-bond acceptors (Lipinski definition) is 6. The summed E-state index contributed by atoms with van der Waals surface area (Å²) in [6, 6.07) is 13.8. The van der Waals surface area contributed by atoms with Crippen molar-refractivity contribution in [1.82, 2.24) is 20.4 Å². The molecular weight excluding hydrogens is 423 g/mol. The molecule has 1 amide bonds. The Morgan fingerprint density at radius 3 is 2.58 bits per heavy atom. The molecule has 4 rings (SSSR count). The van der Waals surface area contributed by atoms with E-state index >= 15 is 0 Å². The van der Waals surface area contributed by atoms with Gasteiger partial charge >= 0.3 is 0 Å². The zero-order chi connectivity index (χ0) is 23.2. The second kappa shape index (κ2) is 10.6. The van der Waals surface area contributed by atoms with Crippen molar-refractivity contribution in [2.45, 2.75) is 39.3 Å². The second-order valence-corrected chi connectivity index (χ2v) is 8.60. The number of carbonyl (C=O) groups is 1. The lowest BCUT2D eigenvalue weighted by Gasteiger charge is -2.30. The number of carbonyl (C=O) groups excluding carboxylic acids is 1. The molecule has 174 valence electrons. The molecule has 0 spiro atoms. The number of aryl methyl sites for hydroxylation is 1. The first-order chi connectivity index (χ1) is 16.0. The van der Waals surface area contributed by atoms with Gasteiger partial charge in [0, 0.05) is 11.5 Å². The molecule has 1 fully saturated rings. The van der Waals surface area contributed by atoms with Gasteiger partial charge in [0.1, 0.15) is 18.2 Å². The summed E-state index contributed by atoms with van der Waals surface area (Å²) < 4.78 is 24.2. The molecule has 0 bridgehead atoms. The van der Waals surface area contributed by atoms with Crippen LogP contribution in [0.1, 0.15) is 31.2 Å². The van der Waals surface area contributed by atoms with Crippen molar-refractivity contribution in [1.29, 1.82) is 0 Å². The first kappa shape index (κ1) is 22.9. The lowest BCUT2D eigenvalue weighted by Crippen LogP contribution is -2.44. The van der Waals surface area contributed by atoms with Crippen molar-refractivity contribution in [2.24, 2.45) is 5.92 Å². The molecule has 33 heavy (non-hydrogen) atoms. The number of hydrogen-bond donors (Lipinski definition) is 1. The number of likely N-dealkylation sites (tertiary alicyclic amines) is 1. The van der Waals surface area contributed by atoms with E-state index in [2.05, 4.69) is 20.4 Å². The molecule has 0 aliphatic carbocycles. The summed E-state index contributed by atoms with van der Waals surface area (Å²) in [5.41, 5.74) is 1.89. The van der Waals surface area contributed by atoms with E-state index in [4.69, 9.17) is 9.26 Å². The van der Waals surface area contributed by atoms with Gasteiger partial charge in [-0.2, -0.15) is 4.98 Å². The van der Waals surface area contributed by atoms with E-state index in [9.17, 15) is 9.18 Å². The summed E-state index contributed by atoms with van der Waals surface area (Å²) in [6.07, 6.45) is 1.55. The van der Waals surface area contributed by atoms with Crippen molar-refractivity contribution in [2.75, 3.05) is 19.7 Å². The fourth-order valence-electron chi connectivity index (χ4n) is 3.84. The number of aromatic nitrogens is 2. The molecule has 3 aromatic rings. The van der Waals surface area contributed by atoms with E-state index in [-0.39, 0.29) is 23.7 Å². The average Bonchev–Trinajstić information content (AvgIpc) is 3.28. The molecule has 0 saturated carbocycles. The number of nitrogens with one attached hydrogen (secondary N) is 1. The molecule has 1 saturated heterocycles. The summed E-state index contributed by atoms with van der Waals surface area (Å²) in [6.45, 7) is 6.51. The minimum Gasteiger partial charge on any atom is -0.491 e. The highest BCUT2D eigenvalue weighted by Crippen LogP contribution is 2.21. The van der Waals surface area contributed by atoms with Crippen molar-refractivity contribution < 1.29 is 18.4 Å². The van der Waals surface area contributed by atoms with Crippen LogP contribution in [-0.4, -0.2) is 46.7 Å². The van der Waals surface area contributed by atoms with Crippen LogP contribution in [0.15, 0.2) is 53.1 Å². The number of amides is 1. The largest absolute Gasteiger partial charge is 0.491 e. The molecule has 1 aliphatic heterocycles. The van der Waals surface area contributed by atoms with Gasteiger partial charge in [-0.05, 0) is 76.2 Å². The van der Waals surface area contributed by atoms with E-state index in [0.717, 1.165) is 31.7 Å². The van der Waals surface area contributed by atoms with Crippen molar-refractivity contribution in [3.05, 3.63) is 65.8 Å². The predicted molar refractivity (Wildman–Crippen MR) is 122 cm³/mol. The Bertz CT molecular complexity index is 1040. The summed E-state index contributed by atoms with van der Waals surface area (Å²) in [5.74, 6) is 1.52. The normalized spacial score (nSPS) is 15.8. The fourth-order valence-corrected chi connectivity index (χ4v) is 3.84. The third kappa shape index (κ3) is 6.38. The molecule has 1 atom stereocenters. The Hall–Kier alpha value is -3.26. The van der Waals surface area contributed by atoms with Gasteiger partial charge < -0.3 is 14.6 Å². The van der Waals surface area contributed by atoms with Gasteiger partial charge in [-0.3, -0.25) is 9.69 Å². The number of piperidine rings is 1. The molecule has 7 nitrogen and oxygen atoms in total. The van der Waals surface area contributed by atoms with Crippen molar-refractivity contribution in [3.8, 4) is 17.1 Å². The van der Waals surface area contributed by atoms with Crippen LogP contribution in [0.2, 0.25) is 0 Å². The number of ether oxygens (including phenoxy) is 1. The Balaban J connectivity index is 1.19. The van der Waals surface area contributed by atoms with Gasteiger partial charge in [0.2, 0.25) is 17.6 Å². The zero-order valence-corrected chi connectivity index (χ0v) is 19.0. The van der Waals surface area contributed by atoms with Gasteiger partial charge in [-0.15, -0.1) is 0 Å². The van der Waals surface area contributed by atoms with Crippen LogP contribution in [-0.2, 0) is 11.3 Å². The average molecular weight is 453 g/mol. The molecule has 2 heterocycles. The lowest BCUT2D eigenvalue weighted by atomic mass is 9.95. The van der Waals surface area contributed by atoms with Gasteiger partial charge in [-0.1, -0.05) is 22.9 Å². The number of nitrogens with zero attached hydrogens (tertiary/aromatic N) is 3. The Labute approximate surface area is 192 Å². The van der Waals surface area contributed by atoms with Crippen LogP contribution in [0.4, 0.5) is 4.39 Å². The minimum atomic E-state index is -0.303. The first-order valence-corrected chi connectivity index (χ1v) is 11.3. The molecule has 0 radical (unpaired) electrons. The summed E-state index contributed by atoms with van der Waals surface area (Å²) in [7, 11) is 0. The van der Waals surface area contributed by atoms with E-state index < -0.39 is 0 Å². The van der Waals surface area contributed by atoms with Crippen LogP contribution >= 0.6 is 0 Å². The smallest absolute Gasteiger partial charge is 0.241 e. The monoisotopic (exact) mass is 452 g/mol. The van der Waals surface area contributed by atoms with Crippen LogP contribution < -0.4 is 10.1 Å². The molecule has 1 unspecified atom stereocenters. The second-order valence-electron chi connectivity index (χ2n) is 8.60. The minimum absolute atomic E-state index is 0.0134. The zero-order valence-electron chi connectivity index (χ0n) is 19.0. The van der Waals surface area contributed by atoms with Crippen molar-refractivity contribution >= 4 is 5.91 Å². The molecule has 8 heteroatoms. The highest BCUT2D eigenvalue weighted by Gasteiger charge is 2.26. The number of halogens is 1. The number of rotatable bonds is 8. The van der Waals surface area contributed by atoms with Gasteiger partial charge in [0.05, 0.1) is 12.6 Å². The number of benzene rings is 2. The first-order valence-electron chi connectivity index (χ1n) is 11.3. The summed E-state index contributed by atoms with van der Waals surface area (Å²) in [5, 5.41) is 7.06. The maximum absolute atomic E-state index is 13.1. The van der Waals surface area contributed by atoms with Gasteiger partial charge in [0.25, 0.3) is 0 Å². The third-order valence-corrected chi connectivity index (χ3v) is 5.80. The van der Waals surface area contributed by atoms with Gasteiger partial charge in [-0.25, -0.2) is 4.39 Å². The van der Waals surface area contributed by atoms with E-state index in [1.807, 2.05) is 38.1 Å². The molecular formula is C25H29FN4O3. The van der Waals surface area contributed by atoms with E-state index in [1.165, 1.54) is 17.7 Å². The molecule has 2 aromatic carbocycles. The van der Waals surface area contributed by atoms with Crippen LogP contribution in [0.25, 0.3) is 11.4 Å². The molecule has 1 aliphatic rings. The Morgan fingerprint density at radius 2 is 1.88 bits per heavy atom. The van der Waals surface area contributed by atoms with Crippen molar-refractivity contribution in [3.63, 3.8) is 0 Å². The van der Waals surface area contributed by atoms with Gasteiger partial charge in [0.15, 0.2) is 0 Å². The maximum Gasteiger partial charge on any atom is 0.241 e. The van der Waals surface area contributed by atoms with E-state index in [1.54, 1.807) is 12.1 Å². The quantitative estimate of drug-likeness (QED) is 0.557. The van der Waals surface area contributed by atoms with Crippen LogP contribution in [0.3, 0.4) is 0 Å². The maximum atomic E-state index is 13.1. The molecule has 1 N–H and O–H groups in total. The highest BCUT2D eigenvalue weighted by molar-refractivity contribution is 5.79. The summed E-state index contributed by atoms with van der Waals surface area (Å²) >= 11 is 0. The van der Waals surface area contributed by atoms with E-state index in [0.29, 0.717) is 30.4 Å². The lowest BCUT2D eigenvalue weighted by molar-refractivity contribution is -0.127. The Morgan fingerprint density at radius 1 is 1.18 bits per heavy atom. The fraction of sp³-hybridized carbons (Fsp3) is 0.400. The van der Waals surface area contributed by atoms with Crippen LogP contribution in [0, 0.1) is 18.7 Å². The summed E-state index contributed by atoms with van der Waals surface area (Å²) in [4.78, 5) is 19.3. The highest BCUT2D eigenvalue weighted by atomic mass is 19.1. The third-order valence-electron chi connectivity index (χ3n) is 5.80. The Kier molecular flexibility index (Phi) is 7.34. The van der Waals surface area contributed by atoms with Crippen LogP contribution in [0.5, 0.6) is 5.75 Å². The topological polar surface area (TPSA) is 80.5 Å². The standard InChI is InChI=1S/C25H29FN4O3/c1-17-3-9-22(10-4-17)32-16-18(2)27-25(31)20-11-13-30(14-12-20)15-23-28-24(29-33-23)19-5-7-21(26)8-6-19/h3-10,18,20H,11-16H2,1-2H3,(H,27,31). The SMILES string of the molecule is Cc1ccc(OCC(C)NC(=O)C2CCN(Cc3nc(-c4ccc(F)cc4)no3)CC2)cc1. The predicted octanol–water partition coefficient (Wildman–Crippen LogP) is 3.98. The molecule has 1 aromatic heterocycles.